The van der Waals surface area contributed by atoms with Crippen LogP contribution in [-0.2, 0) is 37.8 Å². The Balaban J connectivity index is 0.473. The van der Waals surface area contributed by atoms with Gasteiger partial charge in [-0.1, -0.05) is 305 Å². The van der Waals surface area contributed by atoms with Crippen molar-refractivity contribution in [2.45, 2.75) is 407 Å². The zero-order chi connectivity index (χ0) is 88.6. The van der Waals surface area contributed by atoms with Gasteiger partial charge in [0, 0.05) is 35.8 Å². The zero-order valence-electron chi connectivity index (χ0n) is 82.1. The van der Waals surface area contributed by atoms with Crippen molar-refractivity contribution in [1.29, 1.82) is 0 Å². The summed E-state index contributed by atoms with van der Waals surface area (Å²) in [6, 6.07) is 39.1. The summed E-state index contributed by atoms with van der Waals surface area (Å²) in [6.07, 6.45) is 62.4. The lowest BCUT2D eigenvalue weighted by molar-refractivity contribution is -0.955. The molecule has 5 aliphatic carbocycles. The average molecular weight is 1780 g/mol. The van der Waals surface area contributed by atoms with Gasteiger partial charge in [0.1, 0.15) is 71.3 Å². The van der Waals surface area contributed by atoms with Crippen LogP contribution < -0.4 is 9.47 Å². The first-order valence-electron chi connectivity index (χ1n) is 53.6. The summed E-state index contributed by atoms with van der Waals surface area (Å²) >= 11 is 0. The second-order valence-electron chi connectivity index (χ2n) is 44.2. The summed E-state index contributed by atoms with van der Waals surface area (Å²) < 4.78 is 61.4. The van der Waals surface area contributed by atoms with Crippen molar-refractivity contribution in [1.82, 2.24) is 0 Å². The Morgan fingerprint density at radius 1 is 0.310 bits per heavy atom. The molecular formula is C110H184N4O10Si2+4. The van der Waals surface area contributed by atoms with Gasteiger partial charge >= 0.3 is 17.6 Å². The fourth-order valence-corrected chi connectivity index (χ4v) is 33.5. The minimum Gasteiger partial charge on any atom is -0.494 e. The van der Waals surface area contributed by atoms with E-state index in [0.29, 0.717) is 36.5 Å². The van der Waals surface area contributed by atoms with Gasteiger partial charge in [0.25, 0.3) is 0 Å². The molecule has 0 aromatic heterocycles. The number of fused-ring (bicyclic) bond motifs is 5. The highest BCUT2D eigenvalue weighted by Crippen LogP contribution is 2.98. The van der Waals surface area contributed by atoms with E-state index in [1.54, 1.807) is 0 Å². The van der Waals surface area contributed by atoms with E-state index in [1.165, 1.54) is 293 Å². The normalized spacial score (nSPS) is 27.9. The Kier molecular flexibility index (Phi) is 36.9. The van der Waals surface area contributed by atoms with Crippen LogP contribution in [0, 0.1) is 23.7 Å². The third kappa shape index (κ3) is 23.0. The first-order chi connectivity index (χ1) is 61.1. The average Bonchev–Trinajstić information content (AvgIpc) is 1.33. The SMILES string of the molecule is CCCCCCCCCCCC[N+](C)(C)CC[N+](C)(CCC)CCCCCCCOc1ccc(C(O)(CCCCCCCCC[Si]23OC4CC5C6C7C8CC9O[Si]%10(CCCCCCCCCC(O)(c%11ccccc%11)c%11ccc(OCCCCCCC[N+](C)(CCC)CC[N+](C)(C)CCCCCCCCCCCC)cc%11)OC98C7(O%10)C6(O2)C45O3)c2ccccc2)cc1. The number of rotatable bonds is 74. The molecule has 16 unspecified atom stereocenters. The molecule has 9 aliphatic rings. The Labute approximate surface area is 771 Å². The third-order valence-electron chi connectivity index (χ3n) is 33.5. The fraction of sp³-hybridized carbons (Fsp3) is 0.782. The largest absolute Gasteiger partial charge is 0.502 e. The Morgan fingerprint density at radius 2 is 0.603 bits per heavy atom. The van der Waals surface area contributed by atoms with Gasteiger partial charge in [-0.15, -0.1) is 0 Å². The smallest absolute Gasteiger partial charge is 0.494 e. The number of aliphatic hydroxyl groups is 2. The molecule has 708 valence electrons. The number of ether oxygens (including phenoxy) is 2. The van der Waals surface area contributed by atoms with Crippen molar-refractivity contribution in [3.8, 4) is 11.5 Å². The first kappa shape index (κ1) is 99.9. The Hall–Kier alpha value is -3.57. The summed E-state index contributed by atoms with van der Waals surface area (Å²) in [5.74, 6) is 3.86. The number of quaternary nitrogens is 4. The third-order valence-corrected chi connectivity index (χ3v) is 39.3. The summed E-state index contributed by atoms with van der Waals surface area (Å²) in [5.41, 5.74) is 0.198. The maximum atomic E-state index is 12.6. The molecule has 4 aliphatic heterocycles. The van der Waals surface area contributed by atoms with Gasteiger partial charge in [0.05, 0.1) is 107 Å². The molecule has 16 atom stereocenters. The molecule has 4 aromatic rings. The van der Waals surface area contributed by atoms with E-state index < -0.39 is 40.0 Å². The quantitative estimate of drug-likeness (QED) is 0.0252. The van der Waals surface area contributed by atoms with Crippen molar-refractivity contribution in [2.75, 3.05) is 121 Å². The van der Waals surface area contributed by atoms with E-state index in [-0.39, 0.29) is 23.4 Å². The zero-order valence-corrected chi connectivity index (χ0v) is 84.1. The summed E-state index contributed by atoms with van der Waals surface area (Å²) in [4.78, 5) is 0. The van der Waals surface area contributed by atoms with Gasteiger partial charge in [-0.3, -0.25) is 0 Å². The minimum absolute atomic E-state index is 0.141. The number of hydrogen-bond acceptors (Lipinski definition) is 10. The number of nitrogens with zero attached hydrogens (tertiary/aromatic N) is 4. The predicted octanol–water partition coefficient (Wildman–Crippen LogP) is 25.5. The summed E-state index contributed by atoms with van der Waals surface area (Å²) in [6.45, 7) is 23.7. The lowest BCUT2D eigenvalue weighted by atomic mass is 9.14. The van der Waals surface area contributed by atoms with Crippen LogP contribution in [0.1, 0.15) is 371 Å². The lowest BCUT2D eigenvalue weighted by Crippen LogP contribution is -3.11. The van der Waals surface area contributed by atoms with Crippen LogP contribution in [0.5, 0.6) is 11.5 Å². The highest BCUT2D eigenvalue weighted by Gasteiger charge is 3.14. The number of likely N-dealkylation sites (N-methyl/N-ethyl adjacent to an activating group) is 4. The lowest BCUT2D eigenvalue weighted by Gasteiger charge is -2.95. The van der Waals surface area contributed by atoms with Crippen molar-refractivity contribution in [3.05, 3.63) is 131 Å². The van der Waals surface area contributed by atoms with E-state index in [2.05, 4.69) is 167 Å². The van der Waals surface area contributed by atoms with Crippen LogP contribution in [0.3, 0.4) is 0 Å². The number of unbranched alkanes of at least 4 members (excludes halogenated alkanes) is 38. The van der Waals surface area contributed by atoms with E-state index in [9.17, 15) is 10.2 Å². The Bertz CT molecular complexity index is 3570. The maximum Gasteiger partial charge on any atom is 0.502 e. The maximum absolute atomic E-state index is 12.6. The molecule has 126 heavy (non-hydrogen) atoms. The van der Waals surface area contributed by atoms with Crippen LogP contribution in [0.4, 0.5) is 0 Å². The van der Waals surface area contributed by atoms with Gasteiger partial charge in [-0.25, -0.2) is 0 Å². The minimum atomic E-state index is -2.90. The van der Waals surface area contributed by atoms with E-state index in [4.69, 9.17) is 36.0 Å². The topological polar surface area (TPSA) is 114 Å². The molecule has 4 aromatic carbocycles. The molecule has 4 heterocycles. The monoisotopic (exact) mass is 1780 g/mol. The summed E-state index contributed by atoms with van der Waals surface area (Å²) in [7, 11) is 9.12. The summed E-state index contributed by atoms with van der Waals surface area (Å²) in [5, 5.41) is 25.2. The van der Waals surface area contributed by atoms with Gasteiger partial charge in [-0.2, -0.15) is 0 Å². The van der Waals surface area contributed by atoms with Crippen LogP contribution in [0.2, 0.25) is 12.1 Å². The Morgan fingerprint density at radius 3 is 0.937 bits per heavy atom. The molecule has 4 saturated heterocycles. The van der Waals surface area contributed by atoms with E-state index >= 15 is 0 Å². The highest BCUT2D eigenvalue weighted by atomic mass is 28.4. The molecule has 13 rings (SSSR count). The predicted molar refractivity (Wildman–Crippen MR) is 522 cm³/mol. The molecule has 5 saturated carbocycles. The number of benzene rings is 4. The van der Waals surface area contributed by atoms with Crippen LogP contribution in [0.25, 0.3) is 0 Å². The molecule has 4 spiro atoms. The fourth-order valence-electron chi connectivity index (χ4n) is 26.0. The van der Waals surface area contributed by atoms with Crippen molar-refractivity contribution in [3.63, 3.8) is 0 Å². The number of hydrogen-bond donors (Lipinski definition) is 2. The van der Waals surface area contributed by atoms with Crippen molar-refractivity contribution < 1.29 is 64.2 Å². The van der Waals surface area contributed by atoms with Gasteiger partial charge < -0.3 is 64.2 Å². The van der Waals surface area contributed by atoms with Gasteiger partial charge in [0.2, 0.25) is 0 Å². The van der Waals surface area contributed by atoms with Crippen LogP contribution in [-0.4, -0.2) is 201 Å². The molecule has 0 amide bonds. The first-order valence-corrected chi connectivity index (χ1v) is 57.5. The van der Waals surface area contributed by atoms with E-state index in [0.717, 1.165) is 158 Å². The molecular weight excluding hydrogens is 1590 g/mol. The molecule has 4 bridgehead atoms. The van der Waals surface area contributed by atoms with E-state index in [1.807, 2.05) is 12.1 Å². The molecule has 0 radical (unpaired) electrons. The molecule has 9 fully saturated rings. The second kappa shape index (κ2) is 46.6. The molecule has 2 N–H and O–H groups in total. The van der Waals surface area contributed by atoms with Crippen molar-refractivity contribution in [2.24, 2.45) is 23.7 Å². The molecule has 16 heteroatoms. The van der Waals surface area contributed by atoms with Gasteiger partial charge in [-0.05, 0) is 175 Å². The standard InChI is InChI=1S/C110H184N4O10Si2/c1-11-15-17-19-21-23-25-31-39-55-79-111(5,6)83-85-113(9,77-13-3)81-57-41-35-43-59-87-117-97-71-67-95(68-72-97)105(115,93-63-49-47-50-64-93)75-53-37-29-27-33-45-61-89-125-119-101-91-99-103-104-100-92-102-108(100)110(104,109(103,123-125)107(99,101)121-125)124-126(120-102,122-108)90-62-46-34-28-30-38-54-76-106(116,94-65-51-48-52-66-94)96-69-73-98(74-70-96)118-88-60-44-36-42-58-82-114(10,78-14-4)86-84-112(7,8)80-56-40-32-26-24-22-20-18-16-12-2/h47-52,63-74,99-104,115-116H,11-46,53-62,75-92H2,1-10H3/q+4. The van der Waals surface area contributed by atoms with Crippen LogP contribution >= 0.6 is 0 Å². The van der Waals surface area contributed by atoms with Crippen LogP contribution in [0.15, 0.2) is 109 Å². The highest BCUT2D eigenvalue weighted by molar-refractivity contribution is 6.64. The van der Waals surface area contributed by atoms with Gasteiger partial charge in [0.15, 0.2) is 0 Å². The molecule has 14 nitrogen and oxygen atoms in total. The second-order valence-corrected chi connectivity index (χ2v) is 49.2. The van der Waals surface area contributed by atoms with Crippen molar-refractivity contribution >= 4 is 17.6 Å².